The molecule has 3 aromatic rings. The van der Waals surface area contributed by atoms with Crippen molar-refractivity contribution in [2.75, 3.05) is 13.2 Å². The van der Waals surface area contributed by atoms with E-state index in [4.69, 9.17) is 4.74 Å². The lowest BCUT2D eigenvalue weighted by molar-refractivity contribution is -0.137. The molecule has 8 heteroatoms. The van der Waals surface area contributed by atoms with E-state index in [0.29, 0.717) is 11.3 Å². The third-order valence-electron chi connectivity index (χ3n) is 3.94. The first-order valence-corrected chi connectivity index (χ1v) is 8.53. The monoisotopic (exact) mass is 389 g/mol. The Hall–Kier alpha value is -3.29. The normalized spacial score (nSPS) is 11.3. The number of hydrogen-bond donors (Lipinski definition) is 1. The van der Waals surface area contributed by atoms with Crippen LogP contribution < -0.4 is 10.1 Å². The van der Waals surface area contributed by atoms with Gasteiger partial charge in [0.25, 0.3) is 5.91 Å². The number of nitrogens with one attached hydrogen (secondary N) is 1. The number of aryl methyl sites for hydroxylation is 1. The second-order valence-corrected chi connectivity index (χ2v) is 6.14. The fourth-order valence-corrected chi connectivity index (χ4v) is 2.50. The van der Waals surface area contributed by atoms with Crippen molar-refractivity contribution in [2.45, 2.75) is 13.1 Å². The zero-order chi connectivity index (χ0) is 20.1. The fourth-order valence-electron chi connectivity index (χ4n) is 2.50. The lowest BCUT2D eigenvalue weighted by Crippen LogP contribution is -2.28. The first kappa shape index (κ1) is 19.5. The van der Waals surface area contributed by atoms with Crippen LogP contribution in [-0.4, -0.2) is 28.8 Å². The van der Waals surface area contributed by atoms with E-state index >= 15 is 0 Å². The minimum atomic E-state index is -4.38. The van der Waals surface area contributed by atoms with E-state index < -0.39 is 11.7 Å². The average Bonchev–Trinajstić information content (AvgIpc) is 3.11. The molecule has 0 radical (unpaired) electrons. The number of ether oxygens (including phenoxy) is 1. The lowest BCUT2D eigenvalue weighted by Gasteiger charge is -2.10. The predicted octanol–water partition coefficient (Wildman–Crippen LogP) is 4.01. The van der Waals surface area contributed by atoms with E-state index in [0.717, 1.165) is 23.4 Å². The van der Waals surface area contributed by atoms with E-state index in [1.807, 2.05) is 13.1 Å². The Balaban J connectivity index is 1.46. The highest BCUT2D eigenvalue weighted by Gasteiger charge is 2.29. The van der Waals surface area contributed by atoms with E-state index in [1.165, 1.54) is 12.1 Å². The van der Waals surface area contributed by atoms with Gasteiger partial charge in [0, 0.05) is 11.8 Å². The maximum atomic E-state index is 12.5. The molecule has 5 nitrogen and oxygen atoms in total. The number of hydrogen-bond acceptors (Lipinski definition) is 3. The summed E-state index contributed by atoms with van der Waals surface area (Å²) in [7, 11) is 0. The number of halogens is 3. The number of amides is 1. The van der Waals surface area contributed by atoms with Crippen LogP contribution in [0.5, 0.6) is 5.75 Å². The third-order valence-corrected chi connectivity index (χ3v) is 3.94. The standard InChI is InChI=1S/C20H18F3N3O2/c1-14-12-25-26(13-14)17-6-2-15(3-7-17)19(27)24-10-11-28-18-8-4-16(5-9-18)20(21,22)23/h2-9,12-13H,10-11H2,1H3,(H,24,27). The predicted molar refractivity (Wildman–Crippen MR) is 97.6 cm³/mol. The van der Waals surface area contributed by atoms with Crippen molar-refractivity contribution in [3.8, 4) is 11.4 Å². The van der Waals surface area contributed by atoms with E-state index in [1.54, 1.807) is 35.1 Å². The summed E-state index contributed by atoms with van der Waals surface area (Å²) in [4.78, 5) is 12.1. The molecule has 2 aromatic carbocycles. The van der Waals surface area contributed by atoms with Gasteiger partial charge in [0.15, 0.2) is 0 Å². The van der Waals surface area contributed by atoms with Crippen molar-refractivity contribution in [3.05, 3.63) is 77.6 Å². The molecule has 0 saturated carbocycles. The highest BCUT2D eigenvalue weighted by Crippen LogP contribution is 2.30. The van der Waals surface area contributed by atoms with Crippen molar-refractivity contribution in [3.63, 3.8) is 0 Å². The topological polar surface area (TPSA) is 56.2 Å². The van der Waals surface area contributed by atoms with Crippen LogP contribution in [0.1, 0.15) is 21.5 Å². The zero-order valence-electron chi connectivity index (χ0n) is 15.0. The van der Waals surface area contributed by atoms with Crippen molar-refractivity contribution >= 4 is 5.91 Å². The van der Waals surface area contributed by atoms with Gasteiger partial charge in [0.2, 0.25) is 0 Å². The van der Waals surface area contributed by atoms with Gasteiger partial charge in [-0.05, 0) is 61.0 Å². The summed E-state index contributed by atoms with van der Waals surface area (Å²) in [6.45, 7) is 2.31. The molecule has 0 unspecified atom stereocenters. The maximum Gasteiger partial charge on any atom is 0.416 e. The lowest BCUT2D eigenvalue weighted by atomic mass is 10.2. The van der Waals surface area contributed by atoms with Gasteiger partial charge in [-0.15, -0.1) is 0 Å². The Labute approximate surface area is 159 Å². The smallest absolute Gasteiger partial charge is 0.416 e. The largest absolute Gasteiger partial charge is 0.492 e. The molecule has 0 aliphatic heterocycles. The van der Waals surface area contributed by atoms with Gasteiger partial charge in [0.05, 0.1) is 24.0 Å². The third kappa shape index (κ3) is 4.91. The number of nitrogens with zero attached hydrogens (tertiary/aromatic N) is 2. The Morgan fingerprint density at radius 2 is 1.79 bits per heavy atom. The van der Waals surface area contributed by atoms with Gasteiger partial charge in [0.1, 0.15) is 12.4 Å². The molecular weight excluding hydrogens is 371 g/mol. The molecule has 3 rings (SSSR count). The van der Waals surface area contributed by atoms with Gasteiger partial charge < -0.3 is 10.1 Å². The molecule has 1 N–H and O–H groups in total. The summed E-state index contributed by atoms with van der Waals surface area (Å²) in [6.07, 6.45) is -0.747. The zero-order valence-corrected chi connectivity index (χ0v) is 15.0. The van der Waals surface area contributed by atoms with Crippen LogP contribution in [0.2, 0.25) is 0 Å². The van der Waals surface area contributed by atoms with Crippen molar-refractivity contribution in [1.82, 2.24) is 15.1 Å². The second kappa shape index (κ2) is 8.16. The molecule has 0 saturated heterocycles. The van der Waals surface area contributed by atoms with E-state index in [2.05, 4.69) is 10.4 Å². The van der Waals surface area contributed by atoms with Crippen LogP contribution in [-0.2, 0) is 6.18 Å². The quantitative estimate of drug-likeness (QED) is 0.648. The summed E-state index contributed by atoms with van der Waals surface area (Å²) in [5, 5.41) is 6.91. The SMILES string of the molecule is Cc1cnn(-c2ccc(C(=O)NCCOc3ccc(C(F)(F)F)cc3)cc2)c1. The van der Waals surface area contributed by atoms with Crippen molar-refractivity contribution in [2.24, 2.45) is 0 Å². The van der Waals surface area contributed by atoms with Crippen LogP contribution in [0.3, 0.4) is 0 Å². The van der Waals surface area contributed by atoms with Crippen molar-refractivity contribution < 1.29 is 22.7 Å². The minimum absolute atomic E-state index is 0.141. The number of rotatable bonds is 6. The number of benzene rings is 2. The molecule has 0 spiro atoms. The van der Waals surface area contributed by atoms with Crippen LogP contribution in [0.4, 0.5) is 13.2 Å². The van der Waals surface area contributed by atoms with Crippen molar-refractivity contribution in [1.29, 1.82) is 0 Å². The van der Waals surface area contributed by atoms with Gasteiger partial charge in [-0.25, -0.2) is 4.68 Å². The molecule has 146 valence electrons. The Morgan fingerprint density at radius 3 is 2.36 bits per heavy atom. The molecule has 0 aliphatic carbocycles. The molecule has 1 amide bonds. The average molecular weight is 389 g/mol. The first-order chi connectivity index (χ1) is 13.3. The summed E-state index contributed by atoms with van der Waals surface area (Å²) in [5.41, 5.74) is 1.63. The van der Waals surface area contributed by atoms with Gasteiger partial charge in [-0.3, -0.25) is 4.79 Å². The molecule has 1 aromatic heterocycles. The van der Waals surface area contributed by atoms with Crippen LogP contribution in [0.25, 0.3) is 5.69 Å². The van der Waals surface area contributed by atoms with E-state index in [-0.39, 0.29) is 19.1 Å². The molecular formula is C20H18F3N3O2. The van der Waals surface area contributed by atoms with Gasteiger partial charge in [-0.2, -0.15) is 18.3 Å². The number of alkyl halides is 3. The summed E-state index contributed by atoms with van der Waals surface area (Å²) in [6, 6.07) is 11.4. The second-order valence-electron chi connectivity index (χ2n) is 6.14. The summed E-state index contributed by atoms with van der Waals surface area (Å²) < 4.78 is 44.6. The molecule has 28 heavy (non-hydrogen) atoms. The number of aromatic nitrogens is 2. The Kier molecular flexibility index (Phi) is 5.67. The first-order valence-electron chi connectivity index (χ1n) is 8.53. The van der Waals surface area contributed by atoms with Crippen LogP contribution >= 0.6 is 0 Å². The Morgan fingerprint density at radius 1 is 1.11 bits per heavy atom. The number of carbonyl (C=O) groups excluding carboxylic acids is 1. The van der Waals surface area contributed by atoms with Gasteiger partial charge >= 0.3 is 6.18 Å². The number of carbonyl (C=O) groups is 1. The van der Waals surface area contributed by atoms with Crippen LogP contribution in [0, 0.1) is 6.92 Å². The van der Waals surface area contributed by atoms with Gasteiger partial charge in [-0.1, -0.05) is 0 Å². The highest BCUT2D eigenvalue weighted by molar-refractivity contribution is 5.94. The van der Waals surface area contributed by atoms with E-state index in [9.17, 15) is 18.0 Å². The Bertz CT molecular complexity index is 933. The molecule has 0 fully saturated rings. The highest BCUT2D eigenvalue weighted by atomic mass is 19.4. The maximum absolute atomic E-state index is 12.5. The summed E-state index contributed by atoms with van der Waals surface area (Å²) >= 11 is 0. The fraction of sp³-hybridized carbons (Fsp3) is 0.200. The molecule has 0 atom stereocenters. The van der Waals surface area contributed by atoms with Crippen LogP contribution in [0.15, 0.2) is 60.9 Å². The molecule has 1 heterocycles. The molecule has 0 aliphatic rings. The molecule has 0 bridgehead atoms. The summed E-state index contributed by atoms with van der Waals surface area (Å²) in [5.74, 6) is 0.0420. The minimum Gasteiger partial charge on any atom is -0.492 e.